The minimum Gasteiger partial charge on any atom is -0.382 e. The second kappa shape index (κ2) is 5.80. The lowest BCUT2D eigenvalue weighted by Gasteiger charge is -2.09. The van der Waals surface area contributed by atoms with Crippen molar-refractivity contribution in [3.63, 3.8) is 0 Å². The Labute approximate surface area is 96.9 Å². The molecule has 0 aliphatic carbocycles. The zero-order valence-electron chi connectivity index (χ0n) is 8.39. The fourth-order valence-corrected chi connectivity index (χ4v) is 1.25. The quantitative estimate of drug-likeness (QED) is 0.630. The average molecular weight is 250 g/mol. The first-order valence-electron chi connectivity index (χ1n) is 4.66. The molecule has 0 saturated heterocycles. The summed E-state index contributed by atoms with van der Waals surface area (Å²) in [6.45, 7) is 0.452. The Morgan fingerprint density at radius 3 is 2.62 bits per heavy atom. The van der Waals surface area contributed by atoms with E-state index in [1.54, 1.807) is 18.2 Å². The normalized spacial score (nSPS) is 12.0. The van der Waals surface area contributed by atoms with Gasteiger partial charge in [0.15, 0.2) is 0 Å². The van der Waals surface area contributed by atoms with Crippen LogP contribution in [0.2, 0.25) is 0 Å². The van der Waals surface area contributed by atoms with Gasteiger partial charge in [0.05, 0.1) is 5.56 Å². The number of hydrogen-bond donors (Lipinski definition) is 1. The van der Waals surface area contributed by atoms with Crippen molar-refractivity contribution in [3.8, 4) is 0 Å². The summed E-state index contributed by atoms with van der Waals surface area (Å²) in [5.41, 5.74) is -0.215. The van der Waals surface area contributed by atoms with Crippen molar-refractivity contribution in [1.82, 2.24) is 0 Å². The molecule has 0 fully saturated rings. The summed E-state index contributed by atoms with van der Waals surface area (Å²) < 4.78 is 37.1. The highest BCUT2D eigenvalue weighted by atomic mass is 35.5. The third-order valence-corrected chi connectivity index (χ3v) is 2.05. The standard InChI is InChI=1S/C11H11ClF3N/c12-6-1-2-7-16-10-5-3-4-9(8-10)11(13,14)15/h1-5,8,16H,6-7H2/b2-1+. The number of halogens is 4. The Morgan fingerprint density at radius 2 is 2.00 bits per heavy atom. The number of hydrogen-bond acceptors (Lipinski definition) is 1. The topological polar surface area (TPSA) is 12.0 Å². The van der Waals surface area contributed by atoms with Crippen molar-refractivity contribution in [2.24, 2.45) is 0 Å². The van der Waals surface area contributed by atoms with Gasteiger partial charge in [-0.25, -0.2) is 0 Å². The molecule has 16 heavy (non-hydrogen) atoms. The minimum atomic E-state index is -4.30. The van der Waals surface area contributed by atoms with Crippen molar-refractivity contribution < 1.29 is 13.2 Å². The highest BCUT2D eigenvalue weighted by Gasteiger charge is 2.30. The second-order valence-corrected chi connectivity index (χ2v) is 3.39. The van der Waals surface area contributed by atoms with Crippen molar-refractivity contribution in [3.05, 3.63) is 42.0 Å². The van der Waals surface area contributed by atoms with Crippen LogP contribution in [0.15, 0.2) is 36.4 Å². The highest BCUT2D eigenvalue weighted by molar-refractivity contribution is 6.18. The van der Waals surface area contributed by atoms with Gasteiger partial charge in [0.1, 0.15) is 0 Å². The molecule has 0 spiro atoms. The van der Waals surface area contributed by atoms with Crippen molar-refractivity contribution in [2.45, 2.75) is 6.18 Å². The fourth-order valence-electron chi connectivity index (χ4n) is 1.13. The lowest BCUT2D eigenvalue weighted by molar-refractivity contribution is -0.137. The molecule has 0 atom stereocenters. The SMILES string of the molecule is FC(F)(F)c1cccc(NC/C=C/CCl)c1. The molecule has 0 aromatic heterocycles. The van der Waals surface area contributed by atoms with Crippen LogP contribution in [0, 0.1) is 0 Å². The summed E-state index contributed by atoms with van der Waals surface area (Å²) in [6.07, 6.45) is -0.820. The van der Waals surface area contributed by atoms with Crippen LogP contribution < -0.4 is 5.32 Å². The molecule has 0 radical (unpaired) electrons. The van der Waals surface area contributed by atoms with Crippen molar-refractivity contribution in [1.29, 1.82) is 0 Å². The molecule has 0 bridgehead atoms. The van der Waals surface area contributed by atoms with Crippen LogP contribution in [0.5, 0.6) is 0 Å². The molecule has 0 aliphatic rings. The van der Waals surface area contributed by atoms with E-state index in [1.165, 1.54) is 6.07 Å². The van der Waals surface area contributed by atoms with Crippen LogP contribution >= 0.6 is 11.6 Å². The van der Waals surface area contributed by atoms with Gasteiger partial charge in [-0.3, -0.25) is 0 Å². The summed E-state index contributed by atoms with van der Waals surface area (Å²) in [5.74, 6) is 0.393. The number of nitrogens with one attached hydrogen (secondary N) is 1. The van der Waals surface area contributed by atoms with Gasteiger partial charge in [-0.2, -0.15) is 13.2 Å². The smallest absolute Gasteiger partial charge is 0.382 e. The molecule has 0 amide bonds. The van der Waals surface area contributed by atoms with Gasteiger partial charge in [-0.15, -0.1) is 11.6 Å². The first-order valence-corrected chi connectivity index (χ1v) is 5.19. The van der Waals surface area contributed by atoms with Crippen LogP contribution in [0.4, 0.5) is 18.9 Å². The Morgan fingerprint density at radius 1 is 1.25 bits per heavy atom. The Balaban J connectivity index is 2.65. The van der Waals surface area contributed by atoms with Crippen LogP contribution in [-0.4, -0.2) is 12.4 Å². The predicted octanol–water partition coefficient (Wildman–Crippen LogP) is 3.91. The maximum atomic E-state index is 12.4. The van der Waals surface area contributed by atoms with E-state index < -0.39 is 11.7 Å². The fraction of sp³-hybridized carbons (Fsp3) is 0.273. The number of rotatable bonds is 4. The lowest BCUT2D eigenvalue weighted by Crippen LogP contribution is -2.06. The van der Waals surface area contributed by atoms with Gasteiger partial charge >= 0.3 is 6.18 Å². The number of alkyl halides is 4. The zero-order valence-corrected chi connectivity index (χ0v) is 9.15. The van der Waals surface area contributed by atoms with Crippen molar-refractivity contribution in [2.75, 3.05) is 17.7 Å². The molecule has 1 aromatic carbocycles. The van der Waals surface area contributed by atoms with E-state index in [4.69, 9.17) is 11.6 Å². The van der Waals surface area contributed by atoms with Gasteiger partial charge in [0.25, 0.3) is 0 Å². The van der Waals surface area contributed by atoms with E-state index in [0.29, 0.717) is 18.1 Å². The van der Waals surface area contributed by atoms with Gasteiger partial charge in [-0.1, -0.05) is 18.2 Å². The number of benzene rings is 1. The molecule has 1 aromatic rings. The molecule has 1 N–H and O–H groups in total. The summed E-state index contributed by atoms with van der Waals surface area (Å²) in [6, 6.07) is 5.08. The predicted molar refractivity (Wildman–Crippen MR) is 59.8 cm³/mol. The highest BCUT2D eigenvalue weighted by Crippen LogP contribution is 2.30. The van der Waals surface area contributed by atoms with Gasteiger partial charge < -0.3 is 5.32 Å². The van der Waals surface area contributed by atoms with E-state index in [2.05, 4.69) is 5.32 Å². The van der Waals surface area contributed by atoms with Gasteiger partial charge in [0.2, 0.25) is 0 Å². The van der Waals surface area contributed by atoms with Crippen molar-refractivity contribution >= 4 is 17.3 Å². The van der Waals surface area contributed by atoms with E-state index in [9.17, 15) is 13.2 Å². The van der Waals surface area contributed by atoms with Crippen LogP contribution in [0.1, 0.15) is 5.56 Å². The zero-order chi connectivity index (χ0) is 12.0. The maximum absolute atomic E-state index is 12.4. The summed E-state index contributed by atoms with van der Waals surface area (Å²) in [7, 11) is 0. The Hall–Kier alpha value is -1.16. The minimum absolute atomic E-state index is 0.393. The Kier molecular flexibility index (Phi) is 4.68. The van der Waals surface area contributed by atoms with Crippen LogP contribution in [-0.2, 0) is 6.18 Å². The lowest BCUT2D eigenvalue weighted by atomic mass is 10.2. The third kappa shape index (κ3) is 4.14. The third-order valence-electron chi connectivity index (χ3n) is 1.87. The van der Waals surface area contributed by atoms with Gasteiger partial charge in [-0.05, 0) is 18.2 Å². The molecule has 0 aliphatic heterocycles. The maximum Gasteiger partial charge on any atom is 0.416 e. The Bertz CT molecular complexity index is 360. The largest absolute Gasteiger partial charge is 0.416 e. The molecule has 0 saturated carbocycles. The van der Waals surface area contributed by atoms with Crippen LogP contribution in [0.3, 0.4) is 0 Å². The van der Waals surface area contributed by atoms with Crippen LogP contribution in [0.25, 0.3) is 0 Å². The first kappa shape index (κ1) is 12.9. The molecule has 1 nitrogen and oxygen atoms in total. The van der Waals surface area contributed by atoms with E-state index in [-0.39, 0.29) is 0 Å². The van der Waals surface area contributed by atoms with E-state index >= 15 is 0 Å². The monoisotopic (exact) mass is 249 g/mol. The van der Waals surface area contributed by atoms with Gasteiger partial charge in [0, 0.05) is 18.1 Å². The molecule has 88 valence electrons. The second-order valence-electron chi connectivity index (χ2n) is 3.09. The molecule has 0 unspecified atom stereocenters. The molecular weight excluding hydrogens is 239 g/mol. The number of allylic oxidation sites excluding steroid dienone is 1. The molecule has 5 heteroatoms. The first-order chi connectivity index (χ1) is 7.54. The molecule has 1 rings (SSSR count). The van der Waals surface area contributed by atoms with E-state index in [1.807, 2.05) is 0 Å². The molecular formula is C11H11ClF3N. The van der Waals surface area contributed by atoms with E-state index in [0.717, 1.165) is 12.1 Å². The summed E-state index contributed by atoms with van der Waals surface area (Å²) in [5, 5.41) is 2.85. The summed E-state index contributed by atoms with van der Waals surface area (Å²) >= 11 is 5.41. The number of anilines is 1. The summed E-state index contributed by atoms with van der Waals surface area (Å²) in [4.78, 5) is 0. The average Bonchev–Trinajstić information content (AvgIpc) is 2.24. The molecule has 0 heterocycles.